The van der Waals surface area contributed by atoms with Crippen LogP contribution in [-0.2, 0) is 6.54 Å². The highest BCUT2D eigenvalue weighted by molar-refractivity contribution is 7.20. The molecule has 6 heteroatoms. The van der Waals surface area contributed by atoms with Gasteiger partial charge in [-0.3, -0.25) is 9.69 Å². The van der Waals surface area contributed by atoms with Crippen molar-refractivity contribution in [2.24, 2.45) is 0 Å². The third kappa shape index (κ3) is 4.48. The molecule has 23 heavy (non-hydrogen) atoms. The van der Waals surface area contributed by atoms with E-state index in [4.69, 9.17) is 23.2 Å². The van der Waals surface area contributed by atoms with E-state index in [1.54, 1.807) is 6.07 Å². The van der Waals surface area contributed by atoms with Gasteiger partial charge >= 0.3 is 0 Å². The second-order valence-electron chi connectivity index (χ2n) is 5.75. The zero-order valence-corrected chi connectivity index (χ0v) is 14.9. The number of benzene rings is 1. The molecule has 3 rings (SSSR count). The predicted octanol–water partition coefficient (Wildman–Crippen LogP) is 4.45. The Morgan fingerprint density at radius 3 is 2.52 bits per heavy atom. The molecule has 2 aromatic rings. The summed E-state index contributed by atoms with van der Waals surface area (Å²) in [5.41, 5.74) is 1.81. The molecular formula is C17H18Cl2N2OS. The quantitative estimate of drug-likeness (QED) is 0.864. The van der Waals surface area contributed by atoms with Gasteiger partial charge in [0.2, 0.25) is 0 Å². The van der Waals surface area contributed by atoms with Gasteiger partial charge in [-0.2, -0.15) is 0 Å². The molecule has 1 saturated heterocycles. The van der Waals surface area contributed by atoms with Crippen molar-refractivity contribution in [1.29, 1.82) is 0 Å². The lowest BCUT2D eigenvalue weighted by molar-refractivity contribution is 0.0909. The first-order valence-corrected chi connectivity index (χ1v) is 9.21. The topological polar surface area (TPSA) is 32.3 Å². The Hall–Kier alpha value is -1.07. The molecule has 1 aliphatic rings. The van der Waals surface area contributed by atoms with E-state index in [0.29, 0.717) is 14.2 Å². The van der Waals surface area contributed by atoms with Gasteiger partial charge in [-0.1, -0.05) is 53.5 Å². The van der Waals surface area contributed by atoms with Gasteiger partial charge in [0, 0.05) is 25.7 Å². The number of thiophene rings is 1. The van der Waals surface area contributed by atoms with E-state index in [1.807, 2.05) is 6.07 Å². The molecule has 1 N–H and O–H groups in total. The van der Waals surface area contributed by atoms with Crippen LogP contribution in [0, 0.1) is 0 Å². The summed E-state index contributed by atoms with van der Waals surface area (Å²) in [7, 11) is 0. The Kier molecular flexibility index (Phi) is 5.59. The normalized spacial score (nSPS) is 16.4. The summed E-state index contributed by atoms with van der Waals surface area (Å²) < 4.78 is 0.992. The van der Waals surface area contributed by atoms with Gasteiger partial charge in [-0.25, -0.2) is 0 Å². The van der Waals surface area contributed by atoms with E-state index in [1.165, 1.54) is 16.9 Å². The van der Waals surface area contributed by atoms with Gasteiger partial charge in [0.05, 0.1) is 9.90 Å². The second kappa shape index (κ2) is 7.67. The van der Waals surface area contributed by atoms with Crippen molar-refractivity contribution in [3.63, 3.8) is 0 Å². The minimum absolute atomic E-state index is 0.125. The number of likely N-dealkylation sites (tertiary alicyclic amines) is 1. The van der Waals surface area contributed by atoms with Crippen molar-refractivity contribution in [1.82, 2.24) is 10.2 Å². The van der Waals surface area contributed by atoms with Crippen molar-refractivity contribution in [3.05, 3.63) is 56.2 Å². The monoisotopic (exact) mass is 368 g/mol. The average molecular weight is 369 g/mol. The Balaban J connectivity index is 1.49. The van der Waals surface area contributed by atoms with Crippen molar-refractivity contribution in [2.45, 2.75) is 25.4 Å². The van der Waals surface area contributed by atoms with E-state index in [-0.39, 0.29) is 11.9 Å². The SMILES string of the molecule is O=C(NC1CCN(Cc2ccccc2)CC1)c1cc(Cl)sc1Cl. The molecule has 1 amide bonds. The van der Waals surface area contributed by atoms with Gasteiger partial charge in [-0.15, -0.1) is 11.3 Å². The van der Waals surface area contributed by atoms with Crippen LogP contribution in [0.1, 0.15) is 28.8 Å². The highest BCUT2D eigenvalue weighted by Crippen LogP contribution is 2.31. The Bertz CT molecular complexity index is 666. The lowest BCUT2D eigenvalue weighted by Gasteiger charge is -2.32. The van der Waals surface area contributed by atoms with Crippen LogP contribution >= 0.6 is 34.5 Å². The van der Waals surface area contributed by atoms with E-state index in [0.717, 1.165) is 32.5 Å². The summed E-state index contributed by atoms with van der Waals surface area (Å²) in [6.45, 7) is 2.93. The van der Waals surface area contributed by atoms with Crippen LogP contribution in [0.2, 0.25) is 8.67 Å². The summed E-state index contributed by atoms with van der Waals surface area (Å²) >= 11 is 13.2. The summed E-state index contributed by atoms with van der Waals surface area (Å²) in [5.74, 6) is -0.125. The van der Waals surface area contributed by atoms with Crippen LogP contribution in [0.25, 0.3) is 0 Å². The molecule has 0 saturated carbocycles. The minimum Gasteiger partial charge on any atom is -0.349 e. The van der Waals surface area contributed by atoms with Gasteiger partial charge in [-0.05, 0) is 24.5 Å². The third-order valence-corrected chi connectivity index (χ3v) is 5.56. The molecule has 0 aliphatic carbocycles. The van der Waals surface area contributed by atoms with Crippen LogP contribution in [-0.4, -0.2) is 29.9 Å². The molecule has 0 unspecified atom stereocenters. The number of carbonyl (C=O) groups excluding carboxylic acids is 1. The molecule has 0 bridgehead atoms. The smallest absolute Gasteiger partial charge is 0.253 e. The van der Waals surface area contributed by atoms with Crippen molar-refractivity contribution in [3.8, 4) is 0 Å². The summed E-state index contributed by atoms with van der Waals surface area (Å²) in [6.07, 6.45) is 1.90. The number of carbonyl (C=O) groups is 1. The van der Waals surface area contributed by atoms with Crippen LogP contribution < -0.4 is 5.32 Å². The Labute approximate surface area is 150 Å². The number of hydrogen-bond acceptors (Lipinski definition) is 3. The molecule has 1 fully saturated rings. The lowest BCUT2D eigenvalue weighted by Crippen LogP contribution is -2.44. The molecule has 122 valence electrons. The van der Waals surface area contributed by atoms with Gasteiger partial charge in [0.1, 0.15) is 4.34 Å². The number of amides is 1. The van der Waals surface area contributed by atoms with Crippen LogP contribution in [0.4, 0.5) is 0 Å². The standard InChI is InChI=1S/C17H18Cl2N2OS/c18-15-10-14(16(19)23-15)17(22)20-13-6-8-21(9-7-13)11-12-4-2-1-3-5-12/h1-5,10,13H,6-9,11H2,(H,20,22). The van der Waals surface area contributed by atoms with Gasteiger partial charge in [0.15, 0.2) is 0 Å². The highest BCUT2D eigenvalue weighted by atomic mass is 35.5. The van der Waals surface area contributed by atoms with Crippen LogP contribution in [0.15, 0.2) is 36.4 Å². The predicted molar refractivity (Wildman–Crippen MR) is 96.5 cm³/mol. The van der Waals surface area contributed by atoms with Gasteiger partial charge < -0.3 is 5.32 Å². The molecule has 1 aliphatic heterocycles. The number of halogens is 2. The second-order valence-corrected chi connectivity index (χ2v) is 8.03. The van der Waals surface area contributed by atoms with Crippen LogP contribution in [0.3, 0.4) is 0 Å². The van der Waals surface area contributed by atoms with E-state index < -0.39 is 0 Å². The Morgan fingerprint density at radius 1 is 1.22 bits per heavy atom. The molecule has 0 radical (unpaired) electrons. The number of hydrogen-bond donors (Lipinski definition) is 1. The summed E-state index contributed by atoms with van der Waals surface area (Å²) in [6, 6.07) is 12.3. The maximum absolute atomic E-state index is 12.3. The number of nitrogens with zero attached hydrogens (tertiary/aromatic N) is 1. The first-order valence-electron chi connectivity index (χ1n) is 7.64. The third-order valence-electron chi connectivity index (χ3n) is 4.07. The highest BCUT2D eigenvalue weighted by Gasteiger charge is 2.22. The number of piperidine rings is 1. The Morgan fingerprint density at radius 2 is 1.91 bits per heavy atom. The molecular weight excluding hydrogens is 351 g/mol. The molecule has 1 aromatic heterocycles. The molecule has 0 spiro atoms. The van der Waals surface area contributed by atoms with Crippen molar-refractivity contribution >= 4 is 40.4 Å². The lowest BCUT2D eigenvalue weighted by atomic mass is 10.0. The zero-order chi connectivity index (χ0) is 16.2. The fourth-order valence-electron chi connectivity index (χ4n) is 2.84. The maximum Gasteiger partial charge on any atom is 0.253 e. The van der Waals surface area contributed by atoms with Crippen molar-refractivity contribution < 1.29 is 4.79 Å². The molecule has 0 atom stereocenters. The first-order chi connectivity index (χ1) is 11.1. The van der Waals surface area contributed by atoms with Crippen LogP contribution in [0.5, 0.6) is 0 Å². The number of nitrogens with one attached hydrogen (secondary N) is 1. The average Bonchev–Trinajstić information content (AvgIpc) is 2.89. The maximum atomic E-state index is 12.3. The van der Waals surface area contributed by atoms with E-state index in [2.05, 4.69) is 34.5 Å². The first kappa shape index (κ1) is 16.8. The summed E-state index contributed by atoms with van der Waals surface area (Å²) in [4.78, 5) is 14.7. The van der Waals surface area contributed by atoms with E-state index in [9.17, 15) is 4.79 Å². The fraction of sp³-hybridized carbons (Fsp3) is 0.353. The number of rotatable bonds is 4. The van der Waals surface area contributed by atoms with Crippen molar-refractivity contribution in [2.75, 3.05) is 13.1 Å². The molecule has 2 heterocycles. The zero-order valence-electron chi connectivity index (χ0n) is 12.6. The van der Waals surface area contributed by atoms with E-state index >= 15 is 0 Å². The fourth-order valence-corrected chi connectivity index (χ4v) is 4.29. The largest absolute Gasteiger partial charge is 0.349 e. The summed E-state index contributed by atoms with van der Waals surface area (Å²) in [5, 5.41) is 3.07. The molecule has 1 aromatic carbocycles. The van der Waals surface area contributed by atoms with Gasteiger partial charge in [0.25, 0.3) is 5.91 Å². The minimum atomic E-state index is -0.125. The molecule has 3 nitrogen and oxygen atoms in total.